The summed E-state index contributed by atoms with van der Waals surface area (Å²) >= 11 is 1.67. The average Bonchev–Trinajstić information content (AvgIpc) is 2.93. The zero-order chi connectivity index (χ0) is 16.4. The van der Waals surface area contributed by atoms with Gasteiger partial charge in [0.1, 0.15) is 0 Å². The normalized spacial score (nSPS) is 12.3. The summed E-state index contributed by atoms with van der Waals surface area (Å²) in [6.45, 7) is 1.89. The molecule has 0 bridgehead atoms. The van der Waals surface area contributed by atoms with Crippen molar-refractivity contribution in [2.24, 2.45) is 0 Å². The standard InChI is InChI=1S/C18H15F2NOS/c1-11(8-13-10-23-17-5-3-2-4-14(13)17)21-18(22)12-6-7-15(19)16(20)9-12/h2-7,9-11H,8H2,1H3,(H,21,22). The number of carbonyl (C=O) groups excluding carboxylic acids is 1. The molecule has 0 saturated carbocycles. The number of benzene rings is 2. The van der Waals surface area contributed by atoms with E-state index >= 15 is 0 Å². The van der Waals surface area contributed by atoms with Crippen LogP contribution in [0.1, 0.15) is 22.8 Å². The highest BCUT2D eigenvalue weighted by Gasteiger charge is 2.14. The number of halogens is 2. The first-order valence-electron chi connectivity index (χ1n) is 7.25. The van der Waals surface area contributed by atoms with E-state index in [1.165, 1.54) is 21.7 Å². The maximum absolute atomic E-state index is 13.2. The number of rotatable bonds is 4. The molecule has 1 unspecified atom stereocenters. The largest absolute Gasteiger partial charge is 0.349 e. The molecule has 0 spiro atoms. The first kappa shape index (κ1) is 15.6. The number of thiophene rings is 1. The molecule has 0 aliphatic rings. The van der Waals surface area contributed by atoms with E-state index in [-0.39, 0.29) is 11.6 Å². The molecule has 0 saturated heterocycles. The first-order chi connectivity index (χ1) is 11.0. The predicted octanol–water partition coefficient (Wildman–Crippen LogP) is 4.54. The molecule has 2 nitrogen and oxygen atoms in total. The number of fused-ring (bicyclic) bond motifs is 1. The molecule has 1 N–H and O–H groups in total. The van der Waals surface area contributed by atoms with Crippen molar-refractivity contribution in [3.63, 3.8) is 0 Å². The Morgan fingerprint density at radius 2 is 1.96 bits per heavy atom. The number of nitrogens with one attached hydrogen (secondary N) is 1. The van der Waals surface area contributed by atoms with Crippen LogP contribution in [0.25, 0.3) is 10.1 Å². The summed E-state index contributed by atoms with van der Waals surface area (Å²) in [5.74, 6) is -2.38. The van der Waals surface area contributed by atoms with Gasteiger partial charge in [0.05, 0.1) is 0 Å². The van der Waals surface area contributed by atoms with Crippen molar-refractivity contribution in [2.45, 2.75) is 19.4 Å². The van der Waals surface area contributed by atoms with Crippen molar-refractivity contribution in [1.82, 2.24) is 5.32 Å². The zero-order valence-corrected chi connectivity index (χ0v) is 13.3. The third kappa shape index (κ3) is 3.40. The van der Waals surface area contributed by atoms with Gasteiger partial charge in [-0.05, 0) is 53.9 Å². The molecular formula is C18H15F2NOS. The third-order valence-corrected chi connectivity index (χ3v) is 4.66. The van der Waals surface area contributed by atoms with Crippen LogP contribution in [-0.4, -0.2) is 11.9 Å². The van der Waals surface area contributed by atoms with E-state index in [0.29, 0.717) is 6.42 Å². The summed E-state index contributed by atoms with van der Waals surface area (Å²) in [7, 11) is 0. The van der Waals surface area contributed by atoms with Crippen molar-refractivity contribution in [3.8, 4) is 0 Å². The summed E-state index contributed by atoms with van der Waals surface area (Å²) in [4.78, 5) is 12.1. The Kier molecular flexibility index (Phi) is 4.39. The van der Waals surface area contributed by atoms with Crippen molar-refractivity contribution in [1.29, 1.82) is 0 Å². The topological polar surface area (TPSA) is 29.1 Å². The van der Waals surface area contributed by atoms with Crippen LogP contribution in [0.15, 0.2) is 47.8 Å². The number of carbonyl (C=O) groups is 1. The van der Waals surface area contributed by atoms with Crippen LogP contribution in [-0.2, 0) is 6.42 Å². The highest BCUT2D eigenvalue weighted by atomic mass is 32.1. The van der Waals surface area contributed by atoms with Gasteiger partial charge in [0.25, 0.3) is 5.91 Å². The van der Waals surface area contributed by atoms with Gasteiger partial charge in [-0.3, -0.25) is 4.79 Å². The van der Waals surface area contributed by atoms with E-state index in [1.54, 1.807) is 11.3 Å². The van der Waals surface area contributed by atoms with Crippen molar-refractivity contribution < 1.29 is 13.6 Å². The molecule has 3 aromatic rings. The Labute approximate surface area is 136 Å². The van der Waals surface area contributed by atoms with Crippen LogP contribution in [0.5, 0.6) is 0 Å². The molecule has 0 fully saturated rings. The van der Waals surface area contributed by atoms with Crippen LogP contribution in [0, 0.1) is 11.6 Å². The first-order valence-corrected chi connectivity index (χ1v) is 8.13. The second kappa shape index (κ2) is 6.46. The summed E-state index contributed by atoms with van der Waals surface area (Å²) in [6.07, 6.45) is 0.680. The molecular weight excluding hydrogens is 316 g/mol. The van der Waals surface area contributed by atoms with Gasteiger partial charge in [-0.25, -0.2) is 8.78 Å². The molecule has 23 heavy (non-hydrogen) atoms. The maximum Gasteiger partial charge on any atom is 0.251 e. The van der Waals surface area contributed by atoms with Gasteiger partial charge in [-0.2, -0.15) is 0 Å². The quantitative estimate of drug-likeness (QED) is 0.747. The van der Waals surface area contributed by atoms with Crippen LogP contribution in [0.3, 0.4) is 0 Å². The molecule has 2 aromatic carbocycles. The van der Waals surface area contributed by atoms with Gasteiger partial charge in [0.15, 0.2) is 11.6 Å². The zero-order valence-electron chi connectivity index (χ0n) is 12.5. The van der Waals surface area contributed by atoms with Gasteiger partial charge in [0, 0.05) is 16.3 Å². The Balaban J connectivity index is 1.70. The van der Waals surface area contributed by atoms with Gasteiger partial charge >= 0.3 is 0 Å². The van der Waals surface area contributed by atoms with Gasteiger partial charge < -0.3 is 5.32 Å². The number of hydrogen-bond acceptors (Lipinski definition) is 2. The van der Waals surface area contributed by atoms with Gasteiger partial charge in [-0.15, -0.1) is 11.3 Å². The number of amides is 1. The minimum absolute atomic E-state index is 0.117. The third-order valence-electron chi connectivity index (χ3n) is 3.65. The second-order valence-corrected chi connectivity index (χ2v) is 6.38. The summed E-state index contributed by atoms with van der Waals surface area (Å²) in [5.41, 5.74) is 1.29. The van der Waals surface area contributed by atoms with E-state index in [2.05, 4.69) is 22.8 Å². The smallest absolute Gasteiger partial charge is 0.251 e. The lowest BCUT2D eigenvalue weighted by molar-refractivity contribution is 0.0939. The lowest BCUT2D eigenvalue weighted by Crippen LogP contribution is -2.34. The van der Waals surface area contributed by atoms with E-state index < -0.39 is 17.5 Å². The molecule has 1 heterocycles. The maximum atomic E-state index is 13.2. The summed E-state index contributed by atoms with van der Waals surface area (Å²) < 4.78 is 27.3. The van der Waals surface area contributed by atoms with Crippen LogP contribution in [0.2, 0.25) is 0 Å². The molecule has 1 atom stereocenters. The van der Waals surface area contributed by atoms with Gasteiger partial charge in [-0.1, -0.05) is 18.2 Å². The van der Waals surface area contributed by atoms with Gasteiger partial charge in [0.2, 0.25) is 0 Å². The second-order valence-electron chi connectivity index (χ2n) is 5.46. The predicted molar refractivity (Wildman–Crippen MR) is 88.8 cm³/mol. The lowest BCUT2D eigenvalue weighted by atomic mass is 10.1. The van der Waals surface area contributed by atoms with Crippen LogP contribution >= 0.6 is 11.3 Å². The Morgan fingerprint density at radius 1 is 1.17 bits per heavy atom. The van der Waals surface area contributed by atoms with Crippen molar-refractivity contribution in [3.05, 3.63) is 70.6 Å². The highest BCUT2D eigenvalue weighted by Crippen LogP contribution is 2.26. The minimum Gasteiger partial charge on any atom is -0.349 e. The highest BCUT2D eigenvalue weighted by molar-refractivity contribution is 7.17. The van der Waals surface area contributed by atoms with Crippen LogP contribution < -0.4 is 5.32 Å². The molecule has 1 amide bonds. The molecule has 1 aromatic heterocycles. The van der Waals surface area contributed by atoms with Crippen LogP contribution in [0.4, 0.5) is 8.78 Å². The summed E-state index contributed by atoms with van der Waals surface area (Å²) in [6, 6.07) is 11.1. The summed E-state index contributed by atoms with van der Waals surface area (Å²) in [5, 5.41) is 6.10. The fraction of sp³-hybridized carbons (Fsp3) is 0.167. The minimum atomic E-state index is -1.02. The molecule has 0 radical (unpaired) electrons. The van der Waals surface area contributed by atoms with E-state index in [4.69, 9.17) is 0 Å². The van der Waals surface area contributed by atoms with E-state index in [0.717, 1.165) is 12.1 Å². The lowest BCUT2D eigenvalue weighted by Gasteiger charge is -2.14. The number of hydrogen-bond donors (Lipinski definition) is 1. The Hall–Kier alpha value is -2.27. The molecule has 3 rings (SSSR count). The molecule has 0 aliphatic carbocycles. The average molecular weight is 331 g/mol. The van der Waals surface area contributed by atoms with E-state index in [1.807, 2.05) is 19.1 Å². The van der Waals surface area contributed by atoms with Crippen molar-refractivity contribution >= 4 is 27.3 Å². The van der Waals surface area contributed by atoms with E-state index in [9.17, 15) is 13.6 Å². The SMILES string of the molecule is CC(Cc1csc2ccccc12)NC(=O)c1ccc(F)c(F)c1. The fourth-order valence-electron chi connectivity index (χ4n) is 2.52. The molecule has 118 valence electrons. The molecule has 5 heteroatoms. The monoisotopic (exact) mass is 331 g/mol. The fourth-order valence-corrected chi connectivity index (χ4v) is 3.49. The Bertz CT molecular complexity index is 859. The Morgan fingerprint density at radius 3 is 2.74 bits per heavy atom. The van der Waals surface area contributed by atoms with Crippen molar-refractivity contribution in [2.75, 3.05) is 0 Å². The molecule has 0 aliphatic heterocycles.